The summed E-state index contributed by atoms with van der Waals surface area (Å²) in [6, 6.07) is 6.75. The Kier molecular flexibility index (Phi) is 8.32. The molecule has 1 saturated carbocycles. The number of aliphatic imine (C=N–C) groups is 1. The van der Waals surface area contributed by atoms with Crippen molar-refractivity contribution in [1.29, 1.82) is 0 Å². The Labute approximate surface area is 275 Å². The van der Waals surface area contributed by atoms with Crippen LogP contribution in [0.2, 0.25) is 0 Å². The van der Waals surface area contributed by atoms with Gasteiger partial charge >= 0.3 is 0 Å². The number of carbonyl (C=O) groups excluding carboxylic acids is 3. The Morgan fingerprint density at radius 1 is 1.13 bits per heavy atom. The Bertz CT molecular complexity index is 1900. The van der Waals surface area contributed by atoms with Crippen LogP contribution in [0.25, 0.3) is 22.0 Å². The quantitative estimate of drug-likeness (QED) is 0.158. The molecule has 3 aromatic heterocycles. The maximum atomic E-state index is 14.3. The van der Waals surface area contributed by atoms with Crippen LogP contribution >= 0.6 is 15.9 Å². The van der Waals surface area contributed by atoms with Crippen molar-refractivity contribution < 1.29 is 14.4 Å². The third kappa shape index (κ3) is 5.84. The molecule has 0 radical (unpaired) electrons. The predicted molar refractivity (Wildman–Crippen MR) is 179 cm³/mol. The van der Waals surface area contributed by atoms with Gasteiger partial charge in [0.25, 0.3) is 0 Å². The van der Waals surface area contributed by atoms with E-state index in [9.17, 15) is 14.4 Å². The summed E-state index contributed by atoms with van der Waals surface area (Å²) in [6.45, 7) is 5.77. The highest BCUT2D eigenvalue weighted by Gasteiger charge is 2.67. The standard InChI is InChI=1S/C33H36BrN9O3/c1-18-7-8-27(34)38-31(18)39-32(46)25-11-33(17-41(5)6)12-26(33)43(25)28(45)16-42-30-22(13-35-4)9-21(23-14-36-20(3)37-15-23)10-24(30)29(40-42)19(2)44/h7-10,13-15,25-26H,11-12,16-17H2,1-6H3,(H,38,39,46)/b35-13+/t25-,26+,33-/m0/s1. The molecule has 13 heteroatoms. The molecule has 1 saturated heterocycles. The van der Waals surface area contributed by atoms with Crippen LogP contribution in [0.15, 0.2) is 46.3 Å². The van der Waals surface area contributed by atoms with Gasteiger partial charge in [-0.05, 0) is 86.0 Å². The molecule has 6 rings (SSSR count). The fraction of sp³-hybridized carbons (Fsp3) is 0.394. The minimum Gasteiger partial charge on any atom is -0.325 e. The van der Waals surface area contributed by atoms with Crippen molar-refractivity contribution >= 4 is 56.5 Å². The highest BCUT2D eigenvalue weighted by Crippen LogP contribution is 2.60. The maximum Gasteiger partial charge on any atom is 0.248 e. The lowest BCUT2D eigenvalue weighted by atomic mass is 9.98. The number of aromatic nitrogens is 5. The van der Waals surface area contributed by atoms with Crippen molar-refractivity contribution in [3.8, 4) is 11.1 Å². The van der Waals surface area contributed by atoms with Gasteiger partial charge < -0.3 is 15.1 Å². The van der Waals surface area contributed by atoms with Gasteiger partial charge in [0.1, 0.15) is 34.5 Å². The first-order valence-corrected chi connectivity index (χ1v) is 15.9. The second kappa shape index (κ2) is 12.1. The lowest BCUT2D eigenvalue weighted by Gasteiger charge is -2.27. The van der Waals surface area contributed by atoms with E-state index >= 15 is 0 Å². The largest absolute Gasteiger partial charge is 0.325 e. The SMILES string of the molecule is C/N=C/c1cc(-c2cnc(C)nc2)cc2c(C(C)=O)nn(CC(=O)N3[C@H](C(=O)Nc4nc(Br)ccc4C)C[C@@]4(CN(C)C)C[C@@H]34)c12. The number of likely N-dealkylation sites (tertiary alicyclic amines) is 1. The lowest BCUT2D eigenvalue weighted by molar-refractivity contribution is -0.138. The maximum absolute atomic E-state index is 14.3. The van der Waals surface area contributed by atoms with Gasteiger partial charge in [0.05, 0.1) is 5.52 Å². The summed E-state index contributed by atoms with van der Waals surface area (Å²) in [5.74, 6) is 0.369. The number of hydrogen-bond donors (Lipinski definition) is 1. The molecule has 3 atom stereocenters. The van der Waals surface area contributed by atoms with E-state index in [0.29, 0.717) is 39.1 Å². The number of amides is 2. The van der Waals surface area contributed by atoms with E-state index in [4.69, 9.17) is 0 Å². The van der Waals surface area contributed by atoms with Crippen molar-refractivity contribution in [1.82, 2.24) is 34.5 Å². The molecule has 2 amide bonds. The van der Waals surface area contributed by atoms with Gasteiger partial charge in [-0.2, -0.15) is 5.10 Å². The number of rotatable bonds is 9. The number of pyridine rings is 1. The van der Waals surface area contributed by atoms with Crippen LogP contribution in [0, 0.1) is 19.3 Å². The topological polar surface area (TPSA) is 139 Å². The van der Waals surface area contributed by atoms with Gasteiger partial charge in [0.15, 0.2) is 5.78 Å². The highest BCUT2D eigenvalue weighted by molar-refractivity contribution is 9.10. The fourth-order valence-electron chi connectivity index (χ4n) is 6.78. The van der Waals surface area contributed by atoms with Gasteiger partial charge in [0.2, 0.25) is 11.8 Å². The summed E-state index contributed by atoms with van der Waals surface area (Å²) in [5.41, 5.74) is 3.81. The van der Waals surface area contributed by atoms with Crippen molar-refractivity contribution in [3.63, 3.8) is 0 Å². The third-order valence-corrected chi connectivity index (χ3v) is 9.26. The molecule has 1 aliphatic heterocycles. The van der Waals surface area contributed by atoms with E-state index in [1.165, 1.54) is 6.92 Å². The van der Waals surface area contributed by atoms with Gasteiger partial charge in [-0.25, -0.2) is 15.0 Å². The Morgan fingerprint density at radius 3 is 2.54 bits per heavy atom. The molecule has 2 fully saturated rings. The summed E-state index contributed by atoms with van der Waals surface area (Å²) < 4.78 is 2.18. The van der Waals surface area contributed by atoms with E-state index in [2.05, 4.69) is 51.2 Å². The first kappa shape index (κ1) is 31.6. The van der Waals surface area contributed by atoms with E-state index < -0.39 is 6.04 Å². The second-order valence-corrected chi connectivity index (χ2v) is 13.4. The number of ketones is 1. The smallest absolute Gasteiger partial charge is 0.248 e. The van der Waals surface area contributed by atoms with Crippen molar-refractivity contribution in [3.05, 3.63) is 63.9 Å². The second-order valence-electron chi connectivity index (χ2n) is 12.6. The molecule has 1 aromatic carbocycles. The zero-order valence-corrected chi connectivity index (χ0v) is 28.3. The molecular formula is C33H36BrN9O3. The molecule has 2 aliphatic rings. The van der Waals surface area contributed by atoms with Gasteiger partial charge in [-0.15, -0.1) is 0 Å². The van der Waals surface area contributed by atoms with Crippen LogP contribution in [0.5, 0.6) is 0 Å². The number of anilines is 1. The Hall–Kier alpha value is -4.36. The summed E-state index contributed by atoms with van der Waals surface area (Å²) >= 11 is 3.38. The summed E-state index contributed by atoms with van der Waals surface area (Å²) in [5, 5.41) is 8.23. The first-order chi connectivity index (χ1) is 21.9. The number of nitrogens with zero attached hydrogens (tertiary/aromatic N) is 8. The Morgan fingerprint density at radius 2 is 1.87 bits per heavy atom. The molecule has 46 heavy (non-hydrogen) atoms. The molecule has 0 spiro atoms. The average Bonchev–Trinajstić information content (AvgIpc) is 3.38. The van der Waals surface area contributed by atoms with Crippen LogP contribution in [0.4, 0.5) is 5.82 Å². The lowest BCUT2D eigenvalue weighted by Crippen LogP contribution is -2.47. The van der Waals surface area contributed by atoms with Crippen LogP contribution in [0.3, 0.4) is 0 Å². The number of Topliss-reactive ketones (excluding diaryl/α,β-unsaturated/α-hetero) is 1. The van der Waals surface area contributed by atoms with E-state index in [1.807, 2.05) is 52.2 Å². The fourth-order valence-corrected chi connectivity index (χ4v) is 7.09. The number of benzene rings is 1. The van der Waals surface area contributed by atoms with Crippen molar-refractivity contribution in [2.45, 2.75) is 52.2 Å². The number of carbonyl (C=O) groups is 3. The minimum atomic E-state index is -0.676. The average molecular weight is 687 g/mol. The van der Waals surface area contributed by atoms with Crippen LogP contribution in [-0.2, 0) is 16.1 Å². The highest BCUT2D eigenvalue weighted by atomic mass is 79.9. The number of piperidine rings is 1. The molecular weight excluding hydrogens is 650 g/mol. The summed E-state index contributed by atoms with van der Waals surface area (Å²) in [4.78, 5) is 62.1. The number of fused-ring (bicyclic) bond motifs is 2. The minimum absolute atomic E-state index is 0.0753. The number of nitrogens with one attached hydrogen (secondary N) is 1. The van der Waals surface area contributed by atoms with E-state index in [1.54, 1.807) is 35.2 Å². The molecule has 0 unspecified atom stereocenters. The van der Waals surface area contributed by atoms with Crippen molar-refractivity contribution in [2.24, 2.45) is 10.4 Å². The van der Waals surface area contributed by atoms with Crippen LogP contribution in [-0.4, -0.2) is 98.1 Å². The normalized spacial score (nSPS) is 20.5. The molecule has 0 bridgehead atoms. The van der Waals surface area contributed by atoms with E-state index in [-0.39, 0.29) is 41.3 Å². The van der Waals surface area contributed by atoms with Gasteiger partial charge in [-0.3, -0.25) is 24.1 Å². The zero-order chi connectivity index (χ0) is 32.9. The van der Waals surface area contributed by atoms with Crippen molar-refractivity contribution in [2.75, 3.05) is 33.0 Å². The molecule has 238 valence electrons. The Balaban J connectivity index is 1.38. The number of aryl methyl sites for hydroxylation is 2. The third-order valence-electron chi connectivity index (χ3n) is 8.82. The van der Waals surface area contributed by atoms with Gasteiger partial charge in [-0.1, -0.05) is 6.07 Å². The molecule has 4 aromatic rings. The molecule has 1 aliphatic carbocycles. The molecule has 4 heterocycles. The monoisotopic (exact) mass is 685 g/mol. The first-order valence-electron chi connectivity index (χ1n) is 15.1. The van der Waals surface area contributed by atoms with E-state index in [0.717, 1.165) is 29.7 Å². The number of hydrogen-bond acceptors (Lipinski definition) is 9. The summed E-state index contributed by atoms with van der Waals surface area (Å²) in [7, 11) is 5.68. The zero-order valence-electron chi connectivity index (χ0n) is 26.7. The molecule has 1 N–H and O–H groups in total. The van der Waals surface area contributed by atoms with Gasteiger partial charge in [0, 0.05) is 67.1 Å². The predicted octanol–water partition coefficient (Wildman–Crippen LogP) is 4.08. The number of halogens is 1. The molecule has 12 nitrogen and oxygen atoms in total. The summed E-state index contributed by atoms with van der Waals surface area (Å²) in [6.07, 6.45) is 6.53. The van der Waals surface area contributed by atoms with Crippen LogP contribution in [0.1, 0.15) is 47.2 Å². The van der Waals surface area contributed by atoms with Crippen LogP contribution < -0.4 is 5.32 Å².